The molecule has 2 N–H and O–H groups in total. The number of nitrogen functional groups attached to an aromatic ring is 1. The van der Waals surface area contributed by atoms with Crippen LogP contribution in [0.1, 0.15) is 103 Å². The van der Waals surface area contributed by atoms with Crippen LogP contribution in [0.5, 0.6) is 0 Å². The molecule has 0 aliphatic rings. The zero-order chi connectivity index (χ0) is 31.5. The Hall–Kier alpha value is -2.15. The van der Waals surface area contributed by atoms with Gasteiger partial charge in [0.1, 0.15) is 11.8 Å². The quantitative estimate of drug-likeness (QED) is 0.0863. The summed E-state index contributed by atoms with van der Waals surface area (Å²) in [6, 6.07) is 3.88. The average molecular weight is 621 g/mol. The number of hydrogen-bond acceptors (Lipinski definition) is 7. The number of azo groups is 1. The molecule has 4 nitrogen and oxygen atoms in total. The zero-order valence-electron chi connectivity index (χ0n) is 26.0. The smallest absolute Gasteiger partial charge is 0.170 e. The first-order valence-electron chi connectivity index (χ1n) is 13.9. The monoisotopic (exact) mass is 620 g/mol. The summed E-state index contributed by atoms with van der Waals surface area (Å²) in [5.41, 5.74) is 7.40. The SMILES string of the molecule is C=C/C(CCCCC)=C(\SC(C)(C)C)c1sc(-c2c(N)c(N=NCCC)c(C(C)(C)C)c(F)c2F)cc1C#N.CS. The molecule has 0 atom stereocenters. The van der Waals surface area contributed by atoms with Gasteiger partial charge in [0.15, 0.2) is 11.6 Å². The van der Waals surface area contributed by atoms with E-state index in [4.69, 9.17) is 5.73 Å². The van der Waals surface area contributed by atoms with Crippen LogP contribution in [0.25, 0.3) is 15.3 Å². The summed E-state index contributed by atoms with van der Waals surface area (Å²) >= 11 is 6.43. The van der Waals surface area contributed by atoms with Crippen molar-refractivity contribution in [3.63, 3.8) is 0 Å². The predicted molar refractivity (Wildman–Crippen MR) is 181 cm³/mol. The summed E-state index contributed by atoms with van der Waals surface area (Å²) in [7, 11) is 0. The van der Waals surface area contributed by atoms with Gasteiger partial charge in [-0.3, -0.25) is 0 Å². The molecule has 41 heavy (non-hydrogen) atoms. The summed E-state index contributed by atoms with van der Waals surface area (Å²) in [5, 5.41) is 18.5. The Labute approximate surface area is 260 Å². The van der Waals surface area contributed by atoms with Crippen LogP contribution in [0.2, 0.25) is 0 Å². The van der Waals surface area contributed by atoms with Gasteiger partial charge in [0.05, 0.1) is 28.2 Å². The summed E-state index contributed by atoms with van der Waals surface area (Å²) in [6.45, 7) is 20.3. The number of benzene rings is 1. The van der Waals surface area contributed by atoms with E-state index in [9.17, 15) is 5.26 Å². The van der Waals surface area contributed by atoms with Crippen LogP contribution in [0.4, 0.5) is 20.2 Å². The van der Waals surface area contributed by atoms with Gasteiger partial charge >= 0.3 is 0 Å². The Morgan fingerprint density at radius 2 is 1.76 bits per heavy atom. The van der Waals surface area contributed by atoms with Crippen molar-refractivity contribution in [3.8, 4) is 16.5 Å². The number of nitrogens with zero attached hydrogens (tertiary/aromatic N) is 3. The molecule has 0 spiro atoms. The van der Waals surface area contributed by atoms with Crippen molar-refractivity contribution in [1.82, 2.24) is 0 Å². The molecule has 226 valence electrons. The number of nitrogens with two attached hydrogens (primary N) is 1. The second kappa shape index (κ2) is 16.5. The molecule has 0 saturated heterocycles. The van der Waals surface area contributed by atoms with Crippen LogP contribution in [-0.2, 0) is 5.41 Å². The maximum atomic E-state index is 15.8. The van der Waals surface area contributed by atoms with Gasteiger partial charge in [-0.25, -0.2) is 8.78 Å². The second-order valence-corrected chi connectivity index (χ2v) is 14.4. The fraction of sp³-hybridized carbons (Fsp3) is 0.531. The highest BCUT2D eigenvalue weighted by Crippen LogP contribution is 2.50. The van der Waals surface area contributed by atoms with Crippen LogP contribution in [-0.4, -0.2) is 17.5 Å². The molecule has 0 radical (unpaired) electrons. The lowest BCUT2D eigenvalue weighted by atomic mass is 9.83. The highest BCUT2D eigenvalue weighted by atomic mass is 32.2. The number of halogens is 2. The lowest BCUT2D eigenvalue weighted by Gasteiger charge is -2.24. The number of thiol groups is 1. The van der Waals surface area contributed by atoms with Gasteiger partial charge < -0.3 is 5.73 Å². The van der Waals surface area contributed by atoms with Gasteiger partial charge in [-0.2, -0.15) is 28.1 Å². The van der Waals surface area contributed by atoms with Gasteiger partial charge in [0.25, 0.3) is 0 Å². The molecule has 0 aliphatic heterocycles. The van der Waals surface area contributed by atoms with Gasteiger partial charge in [0, 0.05) is 20.1 Å². The Bertz CT molecular complexity index is 1290. The fourth-order valence-electron chi connectivity index (χ4n) is 4.15. The average Bonchev–Trinajstić information content (AvgIpc) is 3.32. The number of thiophene rings is 1. The summed E-state index contributed by atoms with van der Waals surface area (Å²) in [6.07, 6.45) is 8.30. The molecule has 2 rings (SSSR count). The third kappa shape index (κ3) is 9.69. The standard InChI is InChI=1S/C31H42F2N4S2.CH4S/c1-10-13-14-15-19(12-3)29(39-31(7,8)9)28-20(18-34)17-21(38-28)22-24(32)25(33)23(30(4,5)6)27(26(22)35)37-36-16-11-2;1-2/h12,17H,3,10-11,13-16,35H2,1-2,4-9H3;2H,1H3/b29-19+,37-36?;. The first-order chi connectivity index (χ1) is 19.2. The molecule has 9 heteroatoms. The van der Waals surface area contributed by atoms with Crippen molar-refractivity contribution >= 4 is 52.0 Å². The predicted octanol–water partition coefficient (Wildman–Crippen LogP) is 11.5. The molecule has 0 bridgehead atoms. The van der Waals surface area contributed by atoms with Gasteiger partial charge in [-0.05, 0) is 42.6 Å². The number of thioether (sulfide) groups is 1. The van der Waals surface area contributed by atoms with Crippen molar-refractivity contribution in [2.45, 2.75) is 97.7 Å². The number of unbranched alkanes of at least 4 members (excludes halogenated alkanes) is 2. The lowest BCUT2D eigenvalue weighted by Crippen LogP contribution is -2.17. The Balaban J connectivity index is 0.00000411. The van der Waals surface area contributed by atoms with Crippen LogP contribution in [0.3, 0.4) is 0 Å². The van der Waals surface area contributed by atoms with E-state index in [1.807, 2.05) is 13.0 Å². The molecule has 1 aromatic heterocycles. The minimum absolute atomic E-state index is 0.0249. The molecule has 0 unspecified atom stereocenters. The molecule has 1 heterocycles. The van der Waals surface area contributed by atoms with Crippen LogP contribution in [0.15, 0.2) is 34.5 Å². The minimum Gasteiger partial charge on any atom is -0.396 e. The van der Waals surface area contributed by atoms with Crippen LogP contribution >= 0.6 is 35.7 Å². The molecule has 0 aliphatic carbocycles. The lowest BCUT2D eigenvalue weighted by molar-refractivity contribution is 0.468. The Morgan fingerprint density at radius 1 is 1.12 bits per heavy atom. The molecule has 0 saturated carbocycles. The number of anilines is 1. The van der Waals surface area contributed by atoms with E-state index in [1.54, 1.807) is 44.9 Å². The number of hydrogen-bond donors (Lipinski definition) is 2. The second-order valence-electron chi connectivity index (χ2n) is 11.6. The van der Waals surface area contributed by atoms with Crippen molar-refractivity contribution in [2.24, 2.45) is 10.2 Å². The van der Waals surface area contributed by atoms with Crippen molar-refractivity contribution < 1.29 is 8.78 Å². The van der Waals surface area contributed by atoms with Gasteiger partial charge in [-0.1, -0.05) is 80.9 Å². The van der Waals surface area contributed by atoms with E-state index in [0.717, 1.165) is 42.6 Å². The van der Waals surface area contributed by atoms with E-state index in [2.05, 4.69) is 63.2 Å². The van der Waals surface area contributed by atoms with Gasteiger partial charge in [-0.15, -0.1) is 23.1 Å². The largest absolute Gasteiger partial charge is 0.396 e. The molecule has 1 aromatic carbocycles. The van der Waals surface area contributed by atoms with E-state index in [-0.39, 0.29) is 27.2 Å². The normalized spacial score (nSPS) is 12.6. The van der Waals surface area contributed by atoms with E-state index < -0.39 is 17.0 Å². The van der Waals surface area contributed by atoms with Crippen molar-refractivity contribution in [2.75, 3.05) is 18.5 Å². The number of rotatable bonds is 11. The topological polar surface area (TPSA) is 74.5 Å². The third-order valence-corrected chi connectivity index (χ3v) is 8.52. The number of nitriles is 1. The summed E-state index contributed by atoms with van der Waals surface area (Å²) < 4.78 is 31.4. The zero-order valence-corrected chi connectivity index (χ0v) is 28.6. The van der Waals surface area contributed by atoms with Crippen LogP contribution in [0, 0.1) is 23.0 Å². The van der Waals surface area contributed by atoms with Crippen molar-refractivity contribution in [1.29, 1.82) is 5.26 Å². The summed E-state index contributed by atoms with van der Waals surface area (Å²) in [5.74, 6) is -2.03. The molecule has 2 aromatic rings. The first kappa shape index (κ1) is 36.9. The fourth-order valence-corrected chi connectivity index (χ4v) is 6.67. The van der Waals surface area contributed by atoms with E-state index in [1.165, 1.54) is 11.3 Å². The summed E-state index contributed by atoms with van der Waals surface area (Å²) in [4.78, 5) is 2.04. The highest BCUT2D eigenvalue weighted by molar-refractivity contribution is 8.09. The number of allylic oxidation sites excluding steroid dienone is 2. The van der Waals surface area contributed by atoms with Crippen LogP contribution < -0.4 is 5.73 Å². The van der Waals surface area contributed by atoms with E-state index in [0.29, 0.717) is 21.9 Å². The van der Waals surface area contributed by atoms with Gasteiger partial charge in [0.2, 0.25) is 0 Å². The maximum Gasteiger partial charge on any atom is 0.170 e. The third-order valence-electron chi connectivity index (χ3n) is 5.94. The van der Waals surface area contributed by atoms with E-state index >= 15 is 8.78 Å². The molecule has 0 amide bonds. The minimum atomic E-state index is -1.04. The molecular formula is C32H46F2N4S3. The molecular weight excluding hydrogens is 575 g/mol. The highest BCUT2D eigenvalue weighted by Gasteiger charge is 2.32. The Kier molecular flexibility index (Phi) is 14.8. The Morgan fingerprint density at radius 3 is 2.24 bits per heavy atom. The van der Waals surface area contributed by atoms with Crippen molar-refractivity contribution in [3.05, 3.63) is 51.9 Å². The first-order valence-corrected chi connectivity index (χ1v) is 16.5. The maximum absolute atomic E-state index is 15.8. The molecule has 0 fully saturated rings.